The van der Waals surface area contributed by atoms with Crippen LogP contribution in [0.25, 0.3) is 0 Å². The van der Waals surface area contributed by atoms with Crippen molar-refractivity contribution in [2.45, 2.75) is 51.7 Å². The van der Waals surface area contributed by atoms with Crippen LogP contribution in [0.4, 0.5) is 5.69 Å². The normalized spacial score (nSPS) is 16.3. The summed E-state index contributed by atoms with van der Waals surface area (Å²) in [6.45, 7) is 2.93. The molecule has 3 amide bonds. The lowest BCUT2D eigenvalue weighted by Gasteiger charge is -2.33. The number of ketones is 1. The second-order valence-corrected chi connectivity index (χ2v) is 7.00. The molecule has 0 aromatic heterocycles. The number of carbonyl (C=O) groups is 5. The summed E-state index contributed by atoms with van der Waals surface area (Å²) in [5, 5.41) is 11.5. The van der Waals surface area contributed by atoms with Gasteiger partial charge >= 0.3 is 5.97 Å². The van der Waals surface area contributed by atoms with Crippen molar-refractivity contribution in [1.29, 1.82) is 0 Å². The number of hydrogen-bond donors (Lipinski definition) is 3. The molecule has 2 rings (SSSR count). The molecule has 0 saturated carbocycles. The van der Waals surface area contributed by atoms with Crippen molar-refractivity contribution in [2.75, 3.05) is 11.4 Å². The molecular weight excluding hydrogens is 394 g/mol. The molecule has 2 atom stereocenters. The predicted molar refractivity (Wildman–Crippen MR) is 106 cm³/mol. The van der Waals surface area contributed by atoms with E-state index in [0.29, 0.717) is 24.2 Å². The minimum atomic E-state index is -1.32. The number of amides is 3. The highest BCUT2D eigenvalue weighted by Crippen LogP contribution is 2.35. The third kappa shape index (κ3) is 5.56. The Morgan fingerprint density at radius 3 is 2.57 bits per heavy atom. The molecule has 1 aromatic carbocycles. The summed E-state index contributed by atoms with van der Waals surface area (Å²) >= 11 is 0. The van der Waals surface area contributed by atoms with Crippen LogP contribution < -0.4 is 20.7 Å². The highest BCUT2D eigenvalue weighted by Gasteiger charge is 2.34. The summed E-state index contributed by atoms with van der Waals surface area (Å²) in [5.74, 6) is -3.00. The number of fused-ring (bicyclic) bond motifs is 1. The molecule has 4 N–H and O–H groups in total. The number of anilines is 1. The fraction of sp³-hybridized carbons (Fsp3) is 0.450. The second kappa shape index (κ2) is 9.86. The lowest BCUT2D eigenvalue weighted by molar-refractivity contribution is -0.142. The fourth-order valence-corrected chi connectivity index (χ4v) is 3.04. The number of nitrogens with zero attached hydrogens (tertiary/aromatic N) is 1. The van der Waals surface area contributed by atoms with Gasteiger partial charge in [-0.3, -0.25) is 24.1 Å². The summed E-state index contributed by atoms with van der Waals surface area (Å²) in [7, 11) is 0. The number of rotatable bonds is 10. The molecule has 1 aromatic rings. The quantitative estimate of drug-likeness (QED) is 0.469. The van der Waals surface area contributed by atoms with Crippen LogP contribution in [-0.2, 0) is 19.2 Å². The Morgan fingerprint density at radius 2 is 1.97 bits per heavy atom. The lowest BCUT2D eigenvalue weighted by atomic mass is 10.0. The molecule has 0 radical (unpaired) electrons. The number of carboxylic acid groups (broad SMARTS) is 1. The molecule has 2 unspecified atom stereocenters. The van der Waals surface area contributed by atoms with Crippen LogP contribution >= 0.6 is 0 Å². The first kappa shape index (κ1) is 22.9. The van der Waals surface area contributed by atoms with Gasteiger partial charge in [0.2, 0.25) is 11.8 Å². The Morgan fingerprint density at radius 1 is 1.27 bits per heavy atom. The van der Waals surface area contributed by atoms with Crippen LogP contribution in [0.5, 0.6) is 5.75 Å². The van der Waals surface area contributed by atoms with Crippen molar-refractivity contribution in [3.05, 3.63) is 23.8 Å². The Kier molecular flexibility index (Phi) is 7.51. The van der Waals surface area contributed by atoms with Crippen LogP contribution in [0.1, 0.15) is 49.9 Å². The van der Waals surface area contributed by atoms with Gasteiger partial charge in [0.1, 0.15) is 18.3 Å². The van der Waals surface area contributed by atoms with E-state index in [-0.39, 0.29) is 24.3 Å². The van der Waals surface area contributed by atoms with Crippen LogP contribution in [0.2, 0.25) is 0 Å². The maximum absolute atomic E-state index is 12.6. The third-order valence-corrected chi connectivity index (χ3v) is 4.58. The first-order valence-corrected chi connectivity index (χ1v) is 9.59. The van der Waals surface area contributed by atoms with Crippen molar-refractivity contribution in [1.82, 2.24) is 5.32 Å². The van der Waals surface area contributed by atoms with Crippen molar-refractivity contribution >= 4 is 35.2 Å². The Labute approximate surface area is 173 Å². The van der Waals surface area contributed by atoms with Crippen LogP contribution in [0.15, 0.2) is 18.2 Å². The Balaban J connectivity index is 2.23. The van der Waals surface area contributed by atoms with Gasteiger partial charge in [-0.25, -0.2) is 4.79 Å². The van der Waals surface area contributed by atoms with E-state index in [4.69, 9.17) is 10.5 Å². The number of primary amides is 1. The van der Waals surface area contributed by atoms with Gasteiger partial charge in [-0.15, -0.1) is 0 Å². The zero-order chi connectivity index (χ0) is 22.4. The molecule has 10 heteroatoms. The maximum atomic E-state index is 12.6. The molecule has 1 aliphatic heterocycles. The number of hydrogen-bond acceptors (Lipinski definition) is 6. The largest absolute Gasteiger partial charge is 0.480 e. The van der Waals surface area contributed by atoms with E-state index in [1.54, 1.807) is 12.1 Å². The zero-order valence-corrected chi connectivity index (χ0v) is 16.8. The minimum Gasteiger partial charge on any atom is -0.480 e. The Hall–Kier alpha value is -3.43. The van der Waals surface area contributed by atoms with Gasteiger partial charge in [-0.2, -0.15) is 0 Å². The van der Waals surface area contributed by atoms with Crippen LogP contribution in [0.3, 0.4) is 0 Å². The Bertz CT molecular complexity index is 868. The highest BCUT2D eigenvalue weighted by molar-refractivity contribution is 6.06. The van der Waals surface area contributed by atoms with Gasteiger partial charge in [0, 0.05) is 18.4 Å². The predicted octanol–water partition coefficient (Wildman–Crippen LogP) is 0.618. The monoisotopic (exact) mass is 419 g/mol. The smallest absolute Gasteiger partial charge is 0.326 e. The fourth-order valence-electron chi connectivity index (χ4n) is 3.04. The average Bonchev–Trinajstić information content (AvgIpc) is 2.68. The van der Waals surface area contributed by atoms with E-state index in [1.165, 1.54) is 13.0 Å². The molecule has 0 spiro atoms. The molecular formula is C20H25N3O7. The third-order valence-electron chi connectivity index (χ3n) is 4.58. The second-order valence-electron chi connectivity index (χ2n) is 7.00. The summed E-state index contributed by atoms with van der Waals surface area (Å²) in [6.07, 6.45) is -0.235. The molecule has 0 fully saturated rings. The van der Waals surface area contributed by atoms with Gasteiger partial charge < -0.3 is 20.9 Å². The van der Waals surface area contributed by atoms with Gasteiger partial charge in [-0.1, -0.05) is 6.92 Å². The maximum Gasteiger partial charge on any atom is 0.326 e. The molecule has 1 heterocycles. The number of nitrogens with one attached hydrogen (secondary N) is 1. The van der Waals surface area contributed by atoms with Gasteiger partial charge in [0.25, 0.3) is 5.91 Å². The minimum absolute atomic E-state index is 0.104. The molecule has 1 aliphatic rings. The number of carboxylic acids is 1. The first-order valence-electron chi connectivity index (χ1n) is 9.59. The van der Waals surface area contributed by atoms with Crippen LogP contribution in [-0.4, -0.2) is 53.3 Å². The standard InChI is InChI=1S/C20H25N3O7/c1-3-4-15(24)12-5-7-16-14(9-12)23(19(27)11(2)30-16)10-18(26)22-13(20(28)29)6-8-17(21)25/h5,7,9,11,13H,3-4,6,8,10H2,1-2H3,(H2,21,25)(H,22,26)(H,28,29). The van der Waals surface area contributed by atoms with Crippen molar-refractivity contribution in [3.8, 4) is 5.75 Å². The summed E-state index contributed by atoms with van der Waals surface area (Å²) in [6, 6.07) is 3.34. The lowest BCUT2D eigenvalue weighted by Crippen LogP contribution is -2.51. The SMILES string of the molecule is CCCC(=O)c1ccc2c(c1)N(CC(=O)NC(CCC(N)=O)C(=O)O)C(=O)C(C)O2. The van der Waals surface area contributed by atoms with E-state index < -0.39 is 42.4 Å². The number of ether oxygens (including phenoxy) is 1. The number of Topliss-reactive ketones (excluding diaryl/α,β-unsaturated/α-hetero) is 1. The van der Waals surface area contributed by atoms with Gasteiger partial charge in [-0.05, 0) is 38.0 Å². The molecule has 0 aliphatic carbocycles. The molecule has 0 bridgehead atoms. The van der Waals surface area contributed by atoms with Crippen molar-refractivity contribution in [2.24, 2.45) is 5.73 Å². The van der Waals surface area contributed by atoms with E-state index in [2.05, 4.69) is 5.32 Å². The number of benzene rings is 1. The van der Waals surface area contributed by atoms with Crippen molar-refractivity contribution in [3.63, 3.8) is 0 Å². The zero-order valence-electron chi connectivity index (χ0n) is 16.8. The molecule has 162 valence electrons. The summed E-state index contributed by atoms with van der Waals surface area (Å²) < 4.78 is 5.56. The number of aliphatic carboxylic acids is 1. The first-order chi connectivity index (χ1) is 14.1. The van der Waals surface area contributed by atoms with E-state index >= 15 is 0 Å². The average molecular weight is 419 g/mol. The summed E-state index contributed by atoms with van der Waals surface area (Å²) in [5.41, 5.74) is 5.68. The van der Waals surface area contributed by atoms with Gasteiger partial charge in [0.05, 0.1) is 5.69 Å². The van der Waals surface area contributed by atoms with E-state index in [0.717, 1.165) is 4.90 Å². The number of carbonyl (C=O) groups excluding carboxylic acids is 4. The highest BCUT2D eigenvalue weighted by atomic mass is 16.5. The summed E-state index contributed by atoms with van der Waals surface area (Å²) in [4.78, 5) is 60.7. The molecule has 30 heavy (non-hydrogen) atoms. The number of nitrogens with two attached hydrogens (primary N) is 1. The molecule has 10 nitrogen and oxygen atoms in total. The van der Waals surface area contributed by atoms with Gasteiger partial charge in [0.15, 0.2) is 11.9 Å². The van der Waals surface area contributed by atoms with Crippen LogP contribution in [0, 0.1) is 0 Å². The van der Waals surface area contributed by atoms with Crippen molar-refractivity contribution < 1.29 is 33.8 Å². The van der Waals surface area contributed by atoms with E-state index in [1.807, 2.05) is 6.92 Å². The van der Waals surface area contributed by atoms with E-state index in [9.17, 15) is 29.1 Å². The topological polar surface area (TPSA) is 156 Å². The molecule has 0 saturated heterocycles.